The van der Waals surface area contributed by atoms with Gasteiger partial charge in [0.25, 0.3) is 0 Å². The molecular formula is C45H80N2O15S. The number of hydrogen-bond acceptors (Lipinski definition) is 15. The normalized spacial score (nSPS) is 12.8. The number of hydrogen-bond donors (Lipinski definition) is 3. The molecule has 2 amide bonds. The highest BCUT2D eigenvalue weighted by Gasteiger charge is 2.29. The molecule has 0 aliphatic rings. The number of ether oxygens (including phenoxy) is 7. The first-order valence-corrected chi connectivity index (χ1v) is 23.5. The number of alkyl carbamates (subject to hydrolysis) is 1. The SMILES string of the molecule is CC(C)(C)OC(=O)NC(CSCCCCCCCC(=O)NC(CCC(=O)CCCCOCCOCCOCCCCC(=O)COCC(=O)O)C(=O)OC(C)(C)C)C(=O)OC(C)(C)C. The number of carboxylic acid groups (broad SMARTS) is 1. The molecule has 0 saturated heterocycles. The van der Waals surface area contributed by atoms with Gasteiger partial charge in [0.2, 0.25) is 5.91 Å². The molecule has 0 saturated carbocycles. The Morgan fingerprint density at radius 2 is 0.968 bits per heavy atom. The van der Waals surface area contributed by atoms with Gasteiger partial charge in [-0.3, -0.25) is 14.4 Å². The number of carboxylic acids is 1. The molecule has 17 nitrogen and oxygen atoms in total. The second-order valence-electron chi connectivity index (χ2n) is 18.2. The number of Topliss-reactive ketones (excluding diaryl/α,β-unsaturated/α-hetero) is 2. The average molecular weight is 921 g/mol. The van der Waals surface area contributed by atoms with Crippen LogP contribution in [0.1, 0.15) is 152 Å². The fourth-order valence-electron chi connectivity index (χ4n) is 5.45. The van der Waals surface area contributed by atoms with Gasteiger partial charge in [0.05, 0.1) is 26.4 Å². The van der Waals surface area contributed by atoms with Crippen molar-refractivity contribution in [2.75, 3.05) is 64.4 Å². The third-order valence-electron chi connectivity index (χ3n) is 8.32. The topological polar surface area (TPSA) is 228 Å². The zero-order valence-electron chi connectivity index (χ0n) is 39.7. The van der Waals surface area contributed by atoms with E-state index in [2.05, 4.69) is 10.6 Å². The Balaban J connectivity index is 4.29. The molecular weight excluding hydrogens is 841 g/mol. The van der Waals surface area contributed by atoms with Gasteiger partial charge in [-0.25, -0.2) is 19.2 Å². The van der Waals surface area contributed by atoms with Crippen molar-refractivity contribution in [1.82, 2.24) is 10.6 Å². The fourth-order valence-corrected chi connectivity index (χ4v) is 6.48. The number of rotatable bonds is 37. The van der Waals surface area contributed by atoms with Gasteiger partial charge < -0.3 is 48.9 Å². The second kappa shape index (κ2) is 34.1. The third kappa shape index (κ3) is 40.0. The Kier molecular flexibility index (Phi) is 32.3. The minimum absolute atomic E-state index is 0.00433. The van der Waals surface area contributed by atoms with E-state index in [0.29, 0.717) is 90.3 Å². The van der Waals surface area contributed by atoms with Gasteiger partial charge in [0.1, 0.15) is 47.9 Å². The van der Waals surface area contributed by atoms with Crippen LogP contribution in [0.2, 0.25) is 0 Å². The number of thioether (sulfide) groups is 1. The number of carbonyl (C=O) groups is 7. The van der Waals surface area contributed by atoms with Gasteiger partial charge in [-0.1, -0.05) is 19.3 Å². The highest BCUT2D eigenvalue weighted by Crippen LogP contribution is 2.17. The Morgan fingerprint density at radius 1 is 0.492 bits per heavy atom. The van der Waals surface area contributed by atoms with Crippen molar-refractivity contribution in [2.24, 2.45) is 0 Å². The van der Waals surface area contributed by atoms with E-state index >= 15 is 0 Å². The van der Waals surface area contributed by atoms with E-state index in [4.69, 9.17) is 38.3 Å². The van der Waals surface area contributed by atoms with Gasteiger partial charge in [-0.05, 0) is 113 Å². The van der Waals surface area contributed by atoms with Crippen LogP contribution in [0.25, 0.3) is 0 Å². The van der Waals surface area contributed by atoms with Crippen molar-refractivity contribution in [1.29, 1.82) is 0 Å². The quantitative estimate of drug-likeness (QED) is 0.0342. The van der Waals surface area contributed by atoms with E-state index < -0.39 is 59.5 Å². The summed E-state index contributed by atoms with van der Waals surface area (Å²) in [5, 5.41) is 13.9. The monoisotopic (exact) mass is 921 g/mol. The molecule has 0 rings (SSSR count). The van der Waals surface area contributed by atoms with Crippen LogP contribution >= 0.6 is 11.8 Å². The predicted octanol–water partition coefficient (Wildman–Crippen LogP) is 6.53. The van der Waals surface area contributed by atoms with Gasteiger partial charge in [-0.2, -0.15) is 11.8 Å². The van der Waals surface area contributed by atoms with Crippen LogP contribution < -0.4 is 10.6 Å². The molecule has 0 aliphatic heterocycles. The summed E-state index contributed by atoms with van der Waals surface area (Å²) in [5.41, 5.74) is -2.14. The maximum absolute atomic E-state index is 13.0. The summed E-state index contributed by atoms with van der Waals surface area (Å²) in [6, 6.07) is -1.76. The Morgan fingerprint density at radius 3 is 1.51 bits per heavy atom. The second-order valence-corrected chi connectivity index (χ2v) is 19.4. The van der Waals surface area contributed by atoms with Crippen LogP contribution in [0.4, 0.5) is 4.79 Å². The average Bonchev–Trinajstić information content (AvgIpc) is 3.14. The van der Waals surface area contributed by atoms with Gasteiger partial charge in [-0.15, -0.1) is 0 Å². The summed E-state index contributed by atoms with van der Waals surface area (Å²) >= 11 is 1.55. The zero-order chi connectivity index (χ0) is 47.7. The van der Waals surface area contributed by atoms with E-state index in [-0.39, 0.29) is 43.3 Å². The number of amides is 2. The molecule has 0 bridgehead atoms. The van der Waals surface area contributed by atoms with Crippen molar-refractivity contribution in [3.05, 3.63) is 0 Å². The third-order valence-corrected chi connectivity index (χ3v) is 9.47. The van der Waals surface area contributed by atoms with E-state index in [9.17, 15) is 33.6 Å². The number of carbonyl (C=O) groups excluding carboxylic acids is 6. The Hall–Kier alpha value is -3.32. The van der Waals surface area contributed by atoms with Crippen LogP contribution in [0.15, 0.2) is 0 Å². The number of nitrogens with one attached hydrogen (secondary N) is 2. The standard InChI is InChI=1S/C45H80N2O15S/c1-43(2,3)60-40(53)36(23-22-34(48)19-14-16-24-56-26-28-58-29-27-57-25-17-15-20-35(49)31-59-32-39(51)52)46-38(50)21-13-11-10-12-18-30-63-33-37(41(54)61-44(4,5)6)47-42(55)62-45(7,8)9/h36-37H,10-33H2,1-9H3,(H,46,50)(H,47,55)(H,51,52). The largest absolute Gasteiger partial charge is 0.480 e. The Bertz CT molecular complexity index is 1340. The molecule has 3 N–H and O–H groups in total. The van der Waals surface area contributed by atoms with Crippen molar-refractivity contribution >= 4 is 53.2 Å². The van der Waals surface area contributed by atoms with Crippen molar-refractivity contribution < 1.29 is 71.8 Å². The molecule has 63 heavy (non-hydrogen) atoms. The fraction of sp³-hybridized carbons (Fsp3) is 0.844. The summed E-state index contributed by atoms with van der Waals surface area (Å²) in [6.07, 6.45) is 7.38. The lowest BCUT2D eigenvalue weighted by Crippen LogP contribution is -2.47. The molecule has 0 aliphatic carbocycles. The molecule has 0 aromatic carbocycles. The van der Waals surface area contributed by atoms with E-state index in [1.165, 1.54) is 0 Å². The summed E-state index contributed by atoms with van der Waals surface area (Å²) < 4.78 is 37.7. The van der Waals surface area contributed by atoms with Crippen molar-refractivity contribution in [2.45, 2.75) is 181 Å². The maximum Gasteiger partial charge on any atom is 0.408 e. The molecule has 0 spiro atoms. The molecule has 0 aromatic rings. The molecule has 0 radical (unpaired) electrons. The minimum Gasteiger partial charge on any atom is -0.480 e. The van der Waals surface area contributed by atoms with Crippen LogP contribution in [-0.4, -0.2) is 140 Å². The molecule has 2 atom stereocenters. The van der Waals surface area contributed by atoms with Gasteiger partial charge in [0.15, 0.2) is 5.78 Å². The highest BCUT2D eigenvalue weighted by atomic mass is 32.2. The smallest absolute Gasteiger partial charge is 0.408 e. The number of aliphatic carboxylic acids is 1. The van der Waals surface area contributed by atoms with Crippen molar-refractivity contribution in [3.8, 4) is 0 Å². The lowest BCUT2D eigenvalue weighted by molar-refractivity contribution is -0.159. The first-order valence-electron chi connectivity index (χ1n) is 22.4. The summed E-state index contributed by atoms with van der Waals surface area (Å²) in [4.78, 5) is 85.5. The van der Waals surface area contributed by atoms with Crippen LogP contribution in [-0.2, 0) is 61.9 Å². The van der Waals surface area contributed by atoms with E-state index in [1.54, 1.807) is 74.1 Å². The molecule has 2 unspecified atom stereocenters. The first kappa shape index (κ1) is 59.7. The van der Waals surface area contributed by atoms with Gasteiger partial charge >= 0.3 is 24.0 Å². The van der Waals surface area contributed by atoms with Crippen LogP contribution in [0.3, 0.4) is 0 Å². The Labute approximate surface area is 380 Å². The number of ketones is 2. The van der Waals surface area contributed by atoms with Crippen molar-refractivity contribution in [3.63, 3.8) is 0 Å². The molecule has 0 aromatic heterocycles. The van der Waals surface area contributed by atoms with E-state index in [0.717, 1.165) is 31.4 Å². The molecule has 0 fully saturated rings. The van der Waals surface area contributed by atoms with Crippen LogP contribution in [0.5, 0.6) is 0 Å². The number of esters is 2. The lowest BCUT2D eigenvalue weighted by atomic mass is 10.0. The molecule has 366 valence electrons. The number of unbranched alkanes of at least 4 members (excludes halogenated alkanes) is 6. The lowest BCUT2D eigenvalue weighted by Gasteiger charge is -2.26. The van der Waals surface area contributed by atoms with E-state index in [1.807, 2.05) is 0 Å². The minimum atomic E-state index is -1.11. The first-order chi connectivity index (χ1) is 29.5. The molecule has 18 heteroatoms. The van der Waals surface area contributed by atoms with Gasteiger partial charge in [0, 0.05) is 44.6 Å². The molecule has 0 heterocycles. The zero-order valence-corrected chi connectivity index (χ0v) is 40.5. The summed E-state index contributed by atoms with van der Waals surface area (Å²) in [5.74, 6) is -1.46. The summed E-state index contributed by atoms with van der Waals surface area (Å²) in [6.45, 7) is 17.8. The highest BCUT2D eigenvalue weighted by molar-refractivity contribution is 7.99. The predicted molar refractivity (Wildman–Crippen MR) is 240 cm³/mol. The summed E-state index contributed by atoms with van der Waals surface area (Å²) in [7, 11) is 0. The van der Waals surface area contributed by atoms with Crippen LogP contribution in [0, 0.1) is 0 Å². The maximum atomic E-state index is 13.0.